The lowest BCUT2D eigenvalue weighted by molar-refractivity contribution is 0.310. The number of rotatable bonds is 11. The van der Waals surface area contributed by atoms with Gasteiger partial charge < -0.3 is 14.2 Å². The molecule has 0 aliphatic carbocycles. The lowest BCUT2D eigenvalue weighted by atomic mass is 9.94. The van der Waals surface area contributed by atoms with Gasteiger partial charge in [0.05, 0.1) is 15.8 Å². The summed E-state index contributed by atoms with van der Waals surface area (Å²) in [7, 11) is 4.13. The van der Waals surface area contributed by atoms with Gasteiger partial charge >= 0.3 is 0 Å². The summed E-state index contributed by atoms with van der Waals surface area (Å²) >= 11 is 13.4. The average Bonchev–Trinajstić information content (AvgIpc) is 3.57. The number of aliphatic imine (C=N–C) groups is 1. The molecule has 0 unspecified atom stereocenters. The van der Waals surface area contributed by atoms with E-state index in [1.807, 2.05) is 42.5 Å². The molecule has 5 aromatic rings. The highest BCUT2D eigenvalue weighted by Gasteiger charge is 2.24. The predicted molar refractivity (Wildman–Crippen MR) is 197 cm³/mol. The van der Waals surface area contributed by atoms with E-state index >= 15 is 0 Å². The maximum Gasteiger partial charge on any atom is 0.155 e. The van der Waals surface area contributed by atoms with E-state index in [0.29, 0.717) is 28.7 Å². The van der Waals surface area contributed by atoms with Gasteiger partial charge in [0.25, 0.3) is 0 Å². The quantitative estimate of drug-likeness (QED) is 0.105. The van der Waals surface area contributed by atoms with Gasteiger partial charge in [-0.25, -0.2) is 0 Å². The van der Waals surface area contributed by atoms with Gasteiger partial charge in [-0.15, -0.1) is 0 Å². The molecular formula is C40H41Cl2N3O. The van der Waals surface area contributed by atoms with Crippen molar-refractivity contribution in [3.8, 4) is 28.0 Å². The van der Waals surface area contributed by atoms with Crippen molar-refractivity contribution in [2.75, 3.05) is 19.0 Å². The van der Waals surface area contributed by atoms with Gasteiger partial charge in [-0.05, 0) is 59.0 Å². The summed E-state index contributed by atoms with van der Waals surface area (Å²) in [6.45, 7) is 7.25. The number of nitrogens with zero attached hydrogens (tertiary/aromatic N) is 3. The number of halogens is 2. The minimum absolute atomic E-state index is 0.0888. The highest BCUT2D eigenvalue weighted by molar-refractivity contribution is 6.38. The standard InChI is InChI=1S/C40H41Cl2N3O/c1-40(2,3)23-21-37(36(22-26-45-24-12-13-25-45)43-38-34(41)19-14-20-35(38)42)46-39-32(29-15-8-6-9-16-29)27-31(44(4)5)28-33(39)30-17-10-7-11-18-30/h6-21,23-25,27-28,37H,22,26H2,1-5H3/b23-21+,43-36-/t37-/m1/s1. The van der Waals surface area contributed by atoms with Crippen LogP contribution in [0.4, 0.5) is 11.4 Å². The number of benzene rings is 4. The minimum atomic E-state index is -0.516. The molecular weight excluding hydrogens is 609 g/mol. The molecule has 0 N–H and O–H groups in total. The second-order valence-corrected chi connectivity index (χ2v) is 13.4. The van der Waals surface area contributed by atoms with E-state index in [0.717, 1.165) is 39.4 Å². The number of hydrogen-bond acceptors (Lipinski definition) is 3. The van der Waals surface area contributed by atoms with Crippen LogP contribution in [0.15, 0.2) is 133 Å². The summed E-state index contributed by atoms with van der Waals surface area (Å²) in [5.74, 6) is 0.783. The largest absolute Gasteiger partial charge is 0.479 e. The number of ether oxygens (including phenoxy) is 1. The molecule has 1 heterocycles. The van der Waals surface area contributed by atoms with Gasteiger partial charge in [-0.2, -0.15) is 0 Å². The molecule has 1 aromatic heterocycles. The molecule has 0 saturated heterocycles. The Labute approximate surface area is 283 Å². The molecule has 1 atom stereocenters. The van der Waals surface area contributed by atoms with Gasteiger partial charge in [-0.1, -0.05) is 117 Å². The molecule has 0 saturated carbocycles. The maximum atomic E-state index is 7.27. The first kappa shape index (κ1) is 33.1. The first-order chi connectivity index (χ1) is 22.1. The third-order valence-electron chi connectivity index (χ3n) is 7.59. The van der Waals surface area contributed by atoms with Crippen LogP contribution in [0.2, 0.25) is 10.0 Å². The van der Waals surface area contributed by atoms with E-state index in [1.54, 1.807) is 0 Å². The molecule has 236 valence electrons. The molecule has 0 bridgehead atoms. The van der Waals surface area contributed by atoms with Crippen LogP contribution in [-0.2, 0) is 6.54 Å². The molecule has 5 rings (SSSR count). The monoisotopic (exact) mass is 649 g/mol. The molecule has 0 spiro atoms. The van der Waals surface area contributed by atoms with Gasteiger partial charge in [-0.3, -0.25) is 4.99 Å². The predicted octanol–water partition coefficient (Wildman–Crippen LogP) is 11.4. The Kier molecular flexibility index (Phi) is 10.7. The highest BCUT2D eigenvalue weighted by Crippen LogP contribution is 2.43. The highest BCUT2D eigenvalue weighted by atomic mass is 35.5. The van der Waals surface area contributed by atoms with Crippen molar-refractivity contribution in [3.63, 3.8) is 0 Å². The summed E-state index contributed by atoms with van der Waals surface area (Å²) in [5, 5.41) is 0.990. The third kappa shape index (κ3) is 8.51. The Morgan fingerprint density at radius 2 is 1.35 bits per heavy atom. The van der Waals surface area contributed by atoms with Crippen molar-refractivity contribution < 1.29 is 4.74 Å². The number of para-hydroxylation sites is 1. The smallest absolute Gasteiger partial charge is 0.155 e. The van der Waals surface area contributed by atoms with Gasteiger partial charge in [0.15, 0.2) is 6.10 Å². The van der Waals surface area contributed by atoms with E-state index in [9.17, 15) is 0 Å². The summed E-state index contributed by atoms with van der Waals surface area (Å²) < 4.78 is 9.41. The van der Waals surface area contributed by atoms with E-state index in [1.165, 1.54) is 0 Å². The summed E-state index contributed by atoms with van der Waals surface area (Å²) in [5.41, 5.74) is 6.49. The van der Waals surface area contributed by atoms with Crippen LogP contribution in [0, 0.1) is 5.41 Å². The number of anilines is 1. The van der Waals surface area contributed by atoms with Crippen LogP contribution in [-0.4, -0.2) is 30.5 Å². The summed E-state index contributed by atoms with van der Waals surface area (Å²) in [6, 6.07) is 34.7. The SMILES string of the molecule is CN(C)c1cc(-c2ccccc2)c(O[C@H](/C=C/C(C)(C)C)/C(CCn2cccc2)=N\c2c(Cl)cccc2Cl)c(-c2ccccc2)c1. The van der Waals surface area contributed by atoms with Crippen LogP contribution in [0.25, 0.3) is 22.3 Å². The van der Waals surface area contributed by atoms with Crippen molar-refractivity contribution in [2.45, 2.75) is 39.8 Å². The minimum Gasteiger partial charge on any atom is -0.479 e. The van der Waals surface area contributed by atoms with Crippen LogP contribution < -0.4 is 9.64 Å². The number of hydrogen-bond donors (Lipinski definition) is 0. The zero-order chi connectivity index (χ0) is 32.7. The van der Waals surface area contributed by atoms with E-state index in [2.05, 4.69) is 130 Å². The summed E-state index contributed by atoms with van der Waals surface area (Å²) in [6.07, 6.45) is 8.53. The Hall–Kier alpha value is -4.25. The van der Waals surface area contributed by atoms with Crippen LogP contribution in [0.5, 0.6) is 5.75 Å². The average molecular weight is 651 g/mol. The van der Waals surface area contributed by atoms with Gasteiger partial charge in [0.1, 0.15) is 11.4 Å². The molecule has 0 radical (unpaired) electrons. The number of allylic oxidation sites excluding steroid dienone is 1. The van der Waals surface area contributed by atoms with Crippen LogP contribution in [0.3, 0.4) is 0 Å². The lowest BCUT2D eigenvalue weighted by Crippen LogP contribution is -2.27. The lowest BCUT2D eigenvalue weighted by Gasteiger charge is -2.26. The zero-order valence-corrected chi connectivity index (χ0v) is 28.6. The van der Waals surface area contributed by atoms with E-state index < -0.39 is 6.10 Å². The van der Waals surface area contributed by atoms with Crippen molar-refractivity contribution in [1.82, 2.24) is 4.57 Å². The van der Waals surface area contributed by atoms with Crippen molar-refractivity contribution in [2.24, 2.45) is 10.4 Å². The number of aryl methyl sites for hydroxylation is 1. The zero-order valence-electron chi connectivity index (χ0n) is 27.1. The topological polar surface area (TPSA) is 29.8 Å². The molecule has 0 aliphatic heterocycles. The van der Waals surface area contributed by atoms with Crippen molar-refractivity contribution in [1.29, 1.82) is 0 Å². The third-order valence-corrected chi connectivity index (χ3v) is 8.20. The Morgan fingerprint density at radius 1 is 0.804 bits per heavy atom. The fourth-order valence-corrected chi connectivity index (χ4v) is 5.63. The molecule has 4 aromatic carbocycles. The second kappa shape index (κ2) is 14.9. The Bertz CT molecular complexity index is 1710. The molecule has 46 heavy (non-hydrogen) atoms. The molecule has 0 fully saturated rings. The van der Waals surface area contributed by atoms with E-state index in [-0.39, 0.29) is 5.41 Å². The first-order valence-corrected chi connectivity index (χ1v) is 16.3. The van der Waals surface area contributed by atoms with Crippen LogP contribution >= 0.6 is 23.2 Å². The normalized spacial score (nSPS) is 12.8. The van der Waals surface area contributed by atoms with Gasteiger partial charge in [0, 0.05) is 56.3 Å². The molecule has 4 nitrogen and oxygen atoms in total. The fraction of sp³-hybridized carbons (Fsp3) is 0.225. The van der Waals surface area contributed by atoms with E-state index in [4.69, 9.17) is 32.9 Å². The fourth-order valence-electron chi connectivity index (χ4n) is 5.15. The van der Waals surface area contributed by atoms with Crippen molar-refractivity contribution >= 4 is 40.3 Å². The summed E-state index contributed by atoms with van der Waals surface area (Å²) in [4.78, 5) is 7.29. The molecule has 0 aliphatic rings. The molecule has 0 amide bonds. The number of aromatic nitrogens is 1. The first-order valence-electron chi connectivity index (χ1n) is 15.5. The maximum absolute atomic E-state index is 7.27. The van der Waals surface area contributed by atoms with Crippen LogP contribution in [0.1, 0.15) is 27.2 Å². The van der Waals surface area contributed by atoms with Crippen molar-refractivity contribution in [3.05, 3.63) is 138 Å². The Balaban J connectivity index is 1.74. The second-order valence-electron chi connectivity index (χ2n) is 12.6. The van der Waals surface area contributed by atoms with Gasteiger partial charge in [0.2, 0.25) is 0 Å². The Morgan fingerprint density at radius 3 is 1.85 bits per heavy atom. The molecule has 6 heteroatoms.